The summed E-state index contributed by atoms with van der Waals surface area (Å²) in [6.07, 6.45) is 3.16. The van der Waals surface area contributed by atoms with E-state index in [1.807, 2.05) is 30.3 Å². The minimum Gasteiger partial charge on any atom is -0.493 e. The molecule has 4 N–H and O–H groups in total. The van der Waals surface area contributed by atoms with Crippen LogP contribution in [-0.2, 0) is 35.2 Å². The molecule has 0 unspecified atom stereocenters. The van der Waals surface area contributed by atoms with Crippen molar-refractivity contribution in [2.24, 2.45) is 5.73 Å². The smallest absolute Gasteiger partial charge is 0.325 e. The van der Waals surface area contributed by atoms with Gasteiger partial charge < -0.3 is 24.8 Å². The number of primary amides is 1. The average Bonchev–Trinajstić information content (AvgIpc) is 3.04. The van der Waals surface area contributed by atoms with Crippen molar-refractivity contribution in [2.75, 3.05) is 12.8 Å². The highest BCUT2D eigenvalue weighted by Gasteiger charge is 2.22. The molecule has 2 aromatic carbocycles. The summed E-state index contributed by atoms with van der Waals surface area (Å²) in [6.45, 7) is 6.79. The number of carbonyl (C=O) groups excluding carboxylic acids is 1. The largest absolute Gasteiger partial charge is 0.493 e. The third kappa shape index (κ3) is 6.14. The topological polar surface area (TPSA) is 115 Å². The number of ether oxygens (including phenoxy) is 1. The molecule has 0 saturated heterocycles. The Labute approximate surface area is 194 Å². The molecule has 0 aliphatic heterocycles. The Bertz CT molecular complexity index is 1180. The van der Waals surface area contributed by atoms with Gasteiger partial charge in [-0.05, 0) is 42.5 Å². The van der Waals surface area contributed by atoms with Crippen molar-refractivity contribution in [1.82, 2.24) is 4.57 Å². The number of rotatable bonds is 12. The number of carbonyl (C=O) groups is 1. The Morgan fingerprint density at radius 1 is 1.18 bits per heavy atom. The lowest BCUT2D eigenvalue weighted by Gasteiger charge is -2.14. The number of allylic oxidation sites excluding steroid dienone is 1. The summed E-state index contributed by atoms with van der Waals surface area (Å²) in [6, 6.07) is 14.0. The van der Waals surface area contributed by atoms with Gasteiger partial charge in [-0.3, -0.25) is 9.36 Å². The van der Waals surface area contributed by atoms with Gasteiger partial charge >= 0.3 is 7.60 Å². The van der Waals surface area contributed by atoms with Crippen LogP contribution in [0.3, 0.4) is 0 Å². The molecule has 0 bridgehead atoms. The van der Waals surface area contributed by atoms with Gasteiger partial charge in [-0.25, -0.2) is 0 Å². The van der Waals surface area contributed by atoms with Gasteiger partial charge in [0.15, 0.2) is 0 Å². The van der Waals surface area contributed by atoms with Gasteiger partial charge in [0.25, 0.3) is 0 Å². The molecule has 0 spiro atoms. The lowest BCUT2D eigenvalue weighted by atomic mass is 9.98. The fourth-order valence-electron chi connectivity index (χ4n) is 4.28. The van der Waals surface area contributed by atoms with Crippen molar-refractivity contribution in [3.63, 3.8) is 0 Å². The lowest BCUT2D eigenvalue weighted by Crippen LogP contribution is -2.15. The van der Waals surface area contributed by atoms with Gasteiger partial charge in [0.2, 0.25) is 5.91 Å². The zero-order chi connectivity index (χ0) is 24.0. The highest BCUT2D eigenvalue weighted by Crippen LogP contribution is 2.37. The van der Waals surface area contributed by atoms with Crippen molar-refractivity contribution < 1.29 is 23.9 Å². The van der Waals surface area contributed by atoms with Crippen LogP contribution in [0.4, 0.5) is 0 Å². The molecule has 0 saturated carbocycles. The fraction of sp³-hybridized carbons (Fsp3) is 0.320. The Morgan fingerprint density at radius 2 is 1.91 bits per heavy atom. The normalized spacial score (nSPS) is 11.6. The van der Waals surface area contributed by atoms with E-state index in [9.17, 15) is 9.36 Å². The van der Waals surface area contributed by atoms with E-state index in [-0.39, 0.29) is 25.6 Å². The standard InChI is InChI=1S/C25H31N2O5P/c1-3-9-19-23(32-14-8-15-33(29,30)31)13-12-22-25(19)20(16-24(26)28)21(4-2)27(22)17-18-10-6-5-7-11-18/h3,5-7,10-13H,1,4,8-9,14-17H2,2H3,(H2,26,28)(H2,29,30,31). The molecule has 0 fully saturated rings. The summed E-state index contributed by atoms with van der Waals surface area (Å²) in [5, 5.41) is 0.939. The van der Waals surface area contributed by atoms with Crippen LogP contribution in [0.25, 0.3) is 10.9 Å². The van der Waals surface area contributed by atoms with Crippen molar-refractivity contribution >= 4 is 24.4 Å². The van der Waals surface area contributed by atoms with Crippen LogP contribution in [0.5, 0.6) is 5.75 Å². The van der Waals surface area contributed by atoms with E-state index < -0.39 is 13.5 Å². The maximum Gasteiger partial charge on any atom is 0.325 e. The van der Waals surface area contributed by atoms with Gasteiger partial charge in [0, 0.05) is 28.7 Å². The zero-order valence-corrected chi connectivity index (χ0v) is 19.8. The summed E-state index contributed by atoms with van der Waals surface area (Å²) in [5.74, 6) is 0.222. The first-order valence-electron chi connectivity index (χ1n) is 11.0. The predicted molar refractivity (Wildman–Crippen MR) is 131 cm³/mol. The summed E-state index contributed by atoms with van der Waals surface area (Å²) in [5.41, 5.74) is 10.6. The number of aromatic nitrogens is 1. The van der Waals surface area contributed by atoms with E-state index in [0.29, 0.717) is 18.7 Å². The third-order valence-corrected chi connectivity index (χ3v) is 6.48. The van der Waals surface area contributed by atoms with E-state index in [4.69, 9.17) is 20.3 Å². The second-order valence-corrected chi connectivity index (χ2v) is 9.79. The molecule has 0 atom stereocenters. The number of nitrogens with two attached hydrogens (primary N) is 1. The van der Waals surface area contributed by atoms with Crippen LogP contribution in [0.15, 0.2) is 55.1 Å². The first-order valence-corrected chi connectivity index (χ1v) is 12.8. The van der Waals surface area contributed by atoms with Gasteiger partial charge in [-0.2, -0.15) is 0 Å². The quantitative estimate of drug-likeness (QED) is 0.211. The highest BCUT2D eigenvalue weighted by molar-refractivity contribution is 7.51. The SMILES string of the molecule is C=CCc1c(OCCCP(=O)(O)O)ccc2c1c(CC(N)=O)c(CC)n2Cc1ccccc1. The van der Waals surface area contributed by atoms with E-state index >= 15 is 0 Å². The summed E-state index contributed by atoms with van der Waals surface area (Å²) >= 11 is 0. The van der Waals surface area contributed by atoms with Crippen molar-refractivity contribution in [3.05, 3.63) is 77.5 Å². The fourth-order valence-corrected chi connectivity index (χ4v) is 4.82. The molecular weight excluding hydrogens is 439 g/mol. The number of fused-ring (bicyclic) bond motifs is 1. The Balaban J connectivity index is 2.12. The molecule has 0 aliphatic carbocycles. The van der Waals surface area contributed by atoms with E-state index in [1.54, 1.807) is 6.08 Å². The zero-order valence-electron chi connectivity index (χ0n) is 18.9. The molecule has 1 amide bonds. The van der Waals surface area contributed by atoms with Crippen molar-refractivity contribution in [2.45, 2.75) is 39.2 Å². The van der Waals surface area contributed by atoms with Gasteiger partial charge in [-0.15, -0.1) is 6.58 Å². The molecule has 7 nitrogen and oxygen atoms in total. The number of benzene rings is 2. The van der Waals surface area contributed by atoms with E-state index in [2.05, 4.69) is 30.2 Å². The van der Waals surface area contributed by atoms with Crippen LogP contribution in [0.2, 0.25) is 0 Å². The number of amides is 1. The maximum atomic E-state index is 12.0. The van der Waals surface area contributed by atoms with Crippen LogP contribution < -0.4 is 10.5 Å². The summed E-state index contributed by atoms with van der Waals surface area (Å²) in [4.78, 5) is 30.2. The first-order chi connectivity index (χ1) is 15.7. The monoisotopic (exact) mass is 470 g/mol. The van der Waals surface area contributed by atoms with E-state index in [0.717, 1.165) is 39.7 Å². The van der Waals surface area contributed by atoms with Crippen LogP contribution in [0.1, 0.15) is 35.7 Å². The summed E-state index contributed by atoms with van der Waals surface area (Å²) < 4.78 is 19.3. The van der Waals surface area contributed by atoms with Gasteiger partial charge in [0.1, 0.15) is 5.75 Å². The second-order valence-electron chi connectivity index (χ2n) is 8.01. The number of nitrogens with zero attached hydrogens (tertiary/aromatic N) is 1. The molecule has 0 radical (unpaired) electrons. The molecule has 3 aromatic rings. The van der Waals surface area contributed by atoms with Crippen LogP contribution in [-0.4, -0.2) is 33.0 Å². The Morgan fingerprint density at radius 3 is 2.52 bits per heavy atom. The molecule has 176 valence electrons. The van der Waals surface area contributed by atoms with Gasteiger partial charge in [-0.1, -0.05) is 43.3 Å². The molecule has 3 rings (SSSR count). The predicted octanol–water partition coefficient (Wildman–Crippen LogP) is 3.95. The average molecular weight is 471 g/mol. The van der Waals surface area contributed by atoms with Crippen molar-refractivity contribution in [3.8, 4) is 5.75 Å². The minimum absolute atomic E-state index is 0.118. The molecule has 1 aromatic heterocycles. The molecule has 1 heterocycles. The Kier molecular flexibility index (Phi) is 8.14. The maximum absolute atomic E-state index is 12.0. The number of hydrogen-bond donors (Lipinski definition) is 3. The molecular formula is C25H31N2O5P. The molecule has 33 heavy (non-hydrogen) atoms. The number of hydrogen-bond acceptors (Lipinski definition) is 3. The highest BCUT2D eigenvalue weighted by atomic mass is 31.2. The molecule has 0 aliphatic rings. The lowest BCUT2D eigenvalue weighted by molar-refractivity contribution is -0.117. The second kappa shape index (κ2) is 10.8. The van der Waals surface area contributed by atoms with Crippen LogP contribution in [0, 0.1) is 0 Å². The minimum atomic E-state index is -4.07. The van der Waals surface area contributed by atoms with E-state index in [1.165, 1.54) is 0 Å². The third-order valence-electron chi connectivity index (χ3n) is 5.58. The molecule has 8 heteroatoms. The van der Waals surface area contributed by atoms with Crippen molar-refractivity contribution in [1.29, 1.82) is 0 Å². The first kappa shape index (κ1) is 24.8. The summed E-state index contributed by atoms with van der Waals surface area (Å²) in [7, 11) is -4.07. The Hall–Kier alpha value is -2.86. The van der Waals surface area contributed by atoms with Crippen LogP contribution >= 0.6 is 7.60 Å². The van der Waals surface area contributed by atoms with Gasteiger partial charge in [0.05, 0.1) is 19.2 Å².